The van der Waals surface area contributed by atoms with Crippen molar-refractivity contribution in [2.45, 2.75) is 23.9 Å². The van der Waals surface area contributed by atoms with Crippen molar-refractivity contribution in [3.8, 4) is 5.75 Å². The highest BCUT2D eigenvalue weighted by Gasteiger charge is 2.19. The van der Waals surface area contributed by atoms with Gasteiger partial charge >= 0.3 is 0 Å². The molecule has 1 atom stereocenters. The number of thioether (sulfide) groups is 1. The number of carbonyl (C=O) groups is 1. The van der Waals surface area contributed by atoms with Gasteiger partial charge in [-0.15, -0.1) is 10.2 Å². The second-order valence-electron chi connectivity index (χ2n) is 5.27. The molecule has 0 fully saturated rings. The van der Waals surface area contributed by atoms with Crippen LogP contribution in [0.4, 0.5) is 5.69 Å². The second kappa shape index (κ2) is 7.89. The largest absolute Gasteiger partial charge is 0.495 e. The van der Waals surface area contributed by atoms with Crippen molar-refractivity contribution < 1.29 is 13.9 Å². The molecule has 8 heteroatoms. The minimum atomic E-state index is -0.357. The number of methoxy groups -OCH3 is 1. The van der Waals surface area contributed by atoms with Gasteiger partial charge in [0, 0.05) is 0 Å². The summed E-state index contributed by atoms with van der Waals surface area (Å²) in [6, 6.07) is 11.0. The fourth-order valence-corrected chi connectivity index (χ4v) is 3.03. The number of ether oxygens (including phenoxy) is 1. The molecular weight excluding hydrogens is 340 g/mol. The molecule has 0 radical (unpaired) electrons. The fourth-order valence-electron chi connectivity index (χ4n) is 2.21. The van der Waals surface area contributed by atoms with Crippen molar-refractivity contribution in [1.82, 2.24) is 14.8 Å². The molecule has 0 saturated carbocycles. The molecule has 0 saturated heterocycles. The molecule has 1 aromatic carbocycles. The van der Waals surface area contributed by atoms with Crippen molar-refractivity contribution in [2.75, 3.05) is 12.4 Å². The lowest BCUT2D eigenvalue weighted by Gasteiger charge is -2.14. The van der Waals surface area contributed by atoms with Gasteiger partial charge < -0.3 is 19.0 Å². The number of nitrogens with zero attached hydrogens (tertiary/aromatic N) is 3. The number of para-hydroxylation sites is 2. The van der Waals surface area contributed by atoms with Crippen LogP contribution in [0.3, 0.4) is 0 Å². The Bertz CT molecular complexity index is 832. The van der Waals surface area contributed by atoms with Gasteiger partial charge in [0.05, 0.1) is 30.9 Å². The van der Waals surface area contributed by atoms with Gasteiger partial charge in [0.1, 0.15) is 17.8 Å². The molecular formula is C17H18N4O3S. The predicted molar refractivity (Wildman–Crippen MR) is 94.8 cm³/mol. The molecule has 0 aliphatic carbocycles. The zero-order chi connectivity index (χ0) is 17.6. The van der Waals surface area contributed by atoms with E-state index in [0.717, 1.165) is 5.76 Å². The van der Waals surface area contributed by atoms with Crippen LogP contribution in [0.25, 0.3) is 0 Å². The first kappa shape index (κ1) is 17.1. The van der Waals surface area contributed by atoms with Crippen LogP contribution < -0.4 is 10.1 Å². The third-order valence-electron chi connectivity index (χ3n) is 3.50. The number of hydrogen-bond donors (Lipinski definition) is 1. The van der Waals surface area contributed by atoms with Crippen molar-refractivity contribution >= 4 is 23.4 Å². The Morgan fingerprint density at radius 2 is 2.20 bits per heavy atom. The fraction of sp³-hybridized carbons (Fsp3) is 0.235. The molecule has 25 heavy (non-hydrogen) atoms. The number of hydrogen-bond acceptors (Lipinski definition) is 6. The number of benzene rings is 1. The Hall–Kier alpha value is -2.74. The normalized spacial score (nSPS) is 11.9. The average Bonchev–Trinajstić information content (AvgIpc) is 3.28. The Morgan fingerprint density at radius 1 is 1.36 bits per heavy atom. The van der Waals surface area contributed by atoms with Crippen LogP contribution >= 0.6 is 11.8 Å². The summed E-state index contributed by atoms with van der Waals surface area (Å²) >= 11 is 1.33. The van der Waals surface area contributed by atoms with Gasteiger partial charge in [0.2, 0.25) is 5.91 Å². The third kappa shape index (κ3) is 4.21. The molecule has 2 aromatic heterocycles. The Kier molecular flexibility index (Phi) is 5.39. The highest BCUT2D eigenvalue weighted by atomic mass is 32.2. The van der Waals surface area contributed by atoms with Crippen LogP contribution in [-0.4, -0.2) is 33.0 Å². The van der Waals surface area contributed by atoms with Crippen LogP contribution in [0.2, 0.25) is 0 Å². The van der Waals surface area contributed by atoms with Crippen molar-refractivity contribution in [3.05, 3.63) is 54.7 Å². The van der Waals surface area contributed by atoms with Crippen LogP contribution in [0.15, 0.2) is 58.6 Å². The van der Waals surface area contributed by atoms with Gasteiger partial charge in [-0.05, 0) is 31.2 Å². The zero-order valence-electron chi connectivity index (χ0n) is 13.9. The maximum Gasteiger partial charge on any atom is 0.237 e. The minimum Gasteiger partial charge on any atom is -0.495 e. The summed E-state index contributed by atoms with van der Waals surface area (Å²) in [6.45, 7) is 2.34. The van der Waals surface area contributed by atoms with Crippen LogP contribution in [0.1, 0.15) is 12.7 Å². The number of amides is 1. The Balaban J connectivity index is 1.65. The predicted octanol–water partition coefficient (Wildman–Crippen LogP) is 3.05. The number of anilines is 1. The Labute approximate surface area is 149 Å². The first-order valence-corrected chi connectivity index (χ1v) is 8.56. The number of rotatable bonds is 7. The van der Waals surface area contributed by atoms with Crippen molar-refractivity contribution in [1.29, 1.82) is 0 Å². The highest BCUT2D eigenvalue weighted by Crippen LogP contribution is 2.26. The quantitative estimate of drug-likeness (QED) is 0.654. The van der Waals surface area contributed by atoms with E-state index in [9.17, 15) is 4.79 Å². The lowest BCUT2D eigenvalue weighted by Crippen LogP contribution is -2.23. The zero-order valence-corrected chi connectivity index (χ0v) is 14.7. The summed E-state index contributed by atoms with van der Waals surface area (Å²) in [5.41, 5.74) is 0.638. The summed E-state index contributed by atoms with van der Waals surface area (Å²) in [5.74, 6) is 1.28. The summed E-state index contributed by atoms with van der Waals surface area (Å²) in [7, 11) is 1.57. The van der Waals surface area contributed by atoms with Crippen LogP contribution in [-0.2, 0) is 11.3 Å². The molecule has 1 N–H and O–H groups in total. The number of aromatic nitrogens is 3. The molecule has 0 aliphatic heterocycles. The van der Waals surface area contributed by atoms with Crippen molar-refractivity contribution in [2.24, 2.45) is 0 Å². The molecule has 2 heterocycles. The molecule has 3 rings (SSSR count). The van der Waals surface area contributed by atoms with E-state index in [0.29, 0.717) is 23.1 Å². The van der Waals surface area contributed by atoms with Gasteiger partial charge in [-0.2, -0.15) is 0 Å². The smallest absolute Gasteiger partial charge is 0.237 e. The molecule has 7 nitrogen and oxygen atoms in total. The number of furan rings is 1. The highest BCUT2D eigenvalue weighted by molar-refractivity contribution is 8.00. The van der Waals surface area contributed by atoms with E-state index in [2.05, 4.69) is 15.5 Å². The monoisotopic (exact) mass is 358 g/mol. The molecule has 3 aromatic rings. The standard InChI is InChI=1S/C17H18N4O3S/c1-12(16(22)19-14-7-3-4-8-15(14)23-2)25-17-20-18-11-21(17)10-13-6-5-9-24-13/h3-9,11-12H,10H2,1-2H3,(H,19,22)/t12-/m1/s1. The van der Waals surface area contributed by atoms with Gasteiger partial charge in [-0.25, -0.2) is 0 Å². The van der Waals surface area contributed by atoms with E-state index < -0.39 is 0 Å². The average molecular weight is 358 g/mol. The summed E-state index contributed by atoms with van der Waals surface area (Å²) in [4.78, 5) is 12.5. The van der Waals surface area contributed by atoms with E-state index in [1.807, 2.05) is 35.8 Å². The molecule has 0 spiro atoms. The summed E-state index contributed by atoms with van der Waals surface area (Å²) in [5, 5.41) is 11.2. The molecule has 130 valence electrons. The van der Waals surface area contributed by atoms with E-state index >= 15 is 0 Å². The molecule has 0 aliphatic rings. The van der Waals surface area contributed by atoms with E-state index in [1.54, 1.807) is 31.8 Å². The van der Waals surface area contributed by atoms with Gasteiger partial charge in [0.25, 0.3) is 0 Å². The van der Waals surface area contributed by atoms with E-state index in [4.69, 9.17) is 9.15 Å². The van der Waals surface area contributed by atoms with Crippen LogP contribution in [0.5, 0.6) is 5.75 Å². The maximum atomic E-state index is 12.5. The lowest BCUT2D eigenvalue weighted by molar-refractivity contribution is -0.115. The van der Waals surface area contributed by atoms with E-state index in [1.165, 1.54) is 11.8 Å². The van der Waals surface area contributed by atoms with Gasteiger partial charge in [0.15, 0.2) is 5.16 Å². The Morgan fingerprint density at radius 3 is 2.96 bits per heavy atom. The molecule has 1 amide bonds. The third-order valence-corrected chi connectivity index (χ3v) is 4.60. The summed E-state index contributed by atoms with van der Waals surface area (Å²) in [6.07, 6.45) is 3.24. The topological polar surface area (TPSA) is 82.2 Å². The maximum absolute atomic E-state index is 12.5. The molecule has 0 unspecified atom stereocenters. The van der Waals surface area contributed by atoms with Crippen LogP contribution in [0, 0.1) is 0 Å². The van der Waals surface area contributed by atoms with E-state index in [-0.39, 0.29) is 11.2 Å². The number of nitrogens with one attached hydrogen (secondary N) is 1. The first-order chi connectivity index (χ1) is 12.2. The van der Waals surface area contributed by atoms with Gasteiger partial charge in [-0.1, -0.05) is 23.9 Å². The van der Waals surface area contributed by atoms with Gasteiger partial charge in [-0.3, -0.25) is 4.79 Å². The lowest BCUT2D eigenvalue weighted by atomic mass is 10.3. The minimum absolute atomic E-state index is 0.137. The molecule has 0 bridgehead atoms. The number of carbonyl (C=O) groups excluding carboxylic acids is 1. The second-order valence-corrected chi connectivity index (χ2v) is 6.58. The van der Waals surface area contributed by atoms with Crippen molar-refractivity contribution in [3.63, 3.8) is 0 Å². The first-order valence-electron chi connectivity index (χ1n) is 7.68. The summed E-state index contributed by atoms with van der Waals surface area (Å²) < 4.78 is 12.4. The SMILES string of the molecule is COc1ccccc1NC(=O)[C@@H](C)Sc1nncn1Cc1ccco1.